The highest BCUT2D eigenvalue weighted by atomic mass is 32.2. The van der Waals surface area contributed by atoms with Crippen molar-refractivity contribution in [2.75, 3.05) is 38.6 Å². The van der Waals surface area contributed by atoms with Crippen LogP contribution in [0, 0.1) is 6.92 Å². The molecule has 0 unspecified atom stereocenters. The number of piperazine rings is 1. The van der Waals surface area contributed by atoms with Gasteiger partial charge in [0.15, 0.2) is 0 Å². The molecule has 0 bridgehead atoms. The number of urea groups is 1. The van der Waals surface area contributed by atoms with Gasteiger partial charge in [-0.3, -0.25) is 0 Å². The number of nitrogens with one attached hydrogen (secondary N) is 1. The quantitative estimate of drug-likeness (QED) is 0.872. The van der Waals surface area contributed by atoms with Gasteiger partial charge >= 0.3 is 6.03 Å². The molecule has 1 fully saturated rings. The number of benzene rings is 2. The highest BCUT2D eigenvalue weighted by molar-refractivity contribution is 7.89. The summed E-state index contributed by atoms with van der Waals surface area (Å²) in [6.45, 7) is 3.13. The lowest BCUT2D eigenvalue weighted by molar-refractivity contribution is 0.184. The summed E-state index contributed by atoms with van der Waals surface area (Å²) in [6, 6.07) is 13.6. The fourth-order valence-corrected chi connectivity index (χ4v) is 4.29. The highest BCUT2D eigenvalue weighted by Crippen LogP contribution is 2.19. The molecule has 0 atom stereocenters. The lowest BCUT2D eigenvalue weighted by atomic mass is 10.2. The summed E-state index contributed by atoms with van der Waals surface area (Å²) in [7, 11) is -1.95. The number of aryl methyl sites for hydroxylation is 1. The average molecular weight is 389 g/mol. The molecule has 7 nitrogen and oxygen atoms in total. The van der Waals surface area contributed by atoms with Crippen LogP contribution in [0.25, 0.3) is 0 Å². The van der Waals surface area contributed by atoms with E-state index in [1.165, 1.54) is 4.31 Å². The standard InChI is InChI=1S/C19H23N3O4S/c1-15-3-9-18(10-4-15)27(24,25)22-13-11-21(12-14-22)19(23)20-16-5-7-17(26-2)8-6-16/h3-10H,11-14H2,1-2H3,(H,20,23). The molecule has 1 N–H and O–H groups in total. The van der Waals surface area contributed by atoms with Crippen molar-refractivity contribution < 1.29 is 17.9 Å². The number of carbonyl (C=O) groups excluding carboxylic acids is 1. The monoisotopic (exact) mass is 389 g/mol. The molecule has 27 heavy (non-hydrogen) atoms. The Morgan fingerprint density at radius 2 is 1.56 bits per heavy atom. The zero-order chi connectivity index (χ0) is 19.4. The van der Waals surface area contributed by atoms with E-state index in [9.17, 15) is 13.2 Å². The second kappa shape index (κ2) is 7.98. The van der Waals surface area contributed by atoms with Crippen molar-refractivity contribution in [1.29, 1.82) is 0 Å². The van der Waals surface area contributed by atoms with Crippen molar-refractivity contribution in [2.24, 2.45) is 0 Å². The molecule has 1 aliphatic rings. The number of methoxy groups -OCH3 is 1. The highest BCUT2D eigenvalue weighted by Gasteiger charge is 2.30. The topological polar surface area (TPSA) is 79.0 Å². The van der Waals surface area contributed by atoms with Crippen LogP contribution >= 0.6 is 0 Å². The van der Waals surface area contributed by atoms with Gasteiger partial charge in [0, 0.05) is 31.9 Å². The van der Waals surface area contributed by atoms with Crippen molar-refractivity contribution >= 4 is 21.7 Å². The van der Waals surface area contributed by atoms with E-state index in [4.69, 9.17) is 4.74 Å². The molecule has 2 aromatic carbocycles. The zero-order valence-corrected chi connectivity index (χ0v) is 16.2. The van der Waals surface area contributed by atoms with E-state index in [0.29, 0.717) is 24.5 Å². The maximum atomic E-state index is 12.7. The largest absolute Gasteiger partial charge is 0.497 e. The van der Waals surface area contributed by atoms with E-state index >= 15 is 0 Å². The van der Waals surface area contributed by atoms with E-state index < -0.39 is 10.0 Å². The normalized spacial score (nSPS) is 15.4. The molecule has 1 aliphatic heterocycles. The Balaban J connectivity index is 1.59. The molecule has 144 valence electrons. The number of rotatable bonds is 4. The SMILES string of the molecule is COc1ccc(NC(=O)N2CCN(S(=O)(=O)c3ccc(C)cc3)CC2)cc1. The maximum absolute atomic E-state index is 12.7. The van der Waals surface area contributed by atoms with Gasteiger partial charge in [-0.15, -0.1) is 0 Å². The smallest absolute Gasteiger partial charge is 0.321 e. The van der Waals surface area contributed by atoms with Gasteiger partial charge in [-0.2, -0.15) is 4.31 Å². The minimum absolute atomic E-state index is 0.243. The maximum Gasteiger partial charge on any atom is 0.321 e. The molecule has 1 saturated heterocycles. The molecule has 0 spiro atoms. The molecule has 2 aromatic rings. The fourth-order valence-electron chi connectivity index (χ4n) is 2.87. The Hall–Kier alpha value is -2.58. The van der Waals surface area contributed by atoms with Gasteiger partial charge in [0.25, 0.3) is 0 Å². The minimum atomic E-state index is -3.53. The number of nitrogens with zero attached hydrogens (tertiary/aromatic N) is 2. The third-order valence-electron chi connectivity index (χ3n) is 4.53. The van der Waals surface area contributed by atoms with E-state index in [-0.39, 0.29) is 24.0 Å². The molecule has 0 radical (unpaired) electrons. The molecule has 1 heterocycles. The van der Waals surface area contributed by atoms with Crippen molar-refractivity contribution in [3.63, 3.8) is 0 Å². The third-order valence-corrected chi connectivity index (χ3v) is 6.44. The minimum Gasteiger partial charge on any atom is -0.497 e. The number of carbonyl (C=O) groups is 1. The van der Waals surface area contributed by atoms with Gasteiger partial charge in [0.05, 0.1) is 12.0 Å². The van der Waals surface area contributed by atoms with Crippen LogP contribution in [0.1, 0.15) is 5.56 Å². The zero-order valence-electron chi connectivity index (χ0n) is 15.4. The average Bonchev–Trinajstić information content (AvgIpc) is 2.69. The van der Waals surface area contributed by atoms with Crippen LogP contribution in [0.15, 0.2) is 53.4 Å². The van der Waals surface area contributed by atoms with Crippen LogP contribution in [-0.2, 0) is 10.0 Å². The molecular formula is C19H23N3O4S. The van der Waals surface area contributed by atoms with Crippen molar-refractivity contribution in [2.45, 2.75) is 11.8 Å². The summed E-state index contributed by atoms with van der Waals surface area (Å²) in [4.78, 5) is 14.3. The first kappa shape index (κ1) is 19.2. The second-order valence-electron chi connectivity index (χ2n) is 6.36. The first-order valence-corrected chi connectivity index (χ1v) is 10.1. The summed E-state index contributed by atoms with van der Waals surface area (Å²) in [6.07, 6.45) is 0. The number of amides is 2. The predicted molar refractivity (Wildman–Crippen MR) is 104 cm³/mol. The number of ether oxygens (including phenoxy) is 1. The number of hydrogen-bond acceptors (Lipinski definition) is 4. The molecule has 0 aromatic heterocycles. The molecule has 0 saturated carbocycles. The Labute approximate surface area is 159 Å². The predicted octanol–water partition coefficient (Wildman–Crippen LogP) is 2.54. The number of anilines is 1. The first-order chi connectivity index (χ1) is 12.9. The molecule has 8 heteroatoms. The summed E-state index contributed by atoms with van der Waals surface area (Å²) in [5.74, 6) is 0.711. The summed E-state index contributed by atoms with van der Waals surface area (Å²) < 4.78 is 32.0. The molecule has 0 aliphatic carbocycles. The van der Waals surface area contributed by atoms with E-state index in [0.717, 1.165) is 5.56 Å². The fraction of sp³-hybridized carbons (Fsp3) is 0.316. The Morgan fingerprint density at radius 3 is 2.11 bits per heavy atom. The molecular weight excluding hydrogens is 366 g/mol. The van der Waals surface area contributed by atoms with Gasteiger partial charge in [0.1, 0.15) is 5.75 Å². The molecule has 3 rings (SSSR count). The van der Waals surface area contributed by atoms with Gasteiger partial charge in [0.2, 0.25) is 10.0 Å². The van der Waals surface area contributed by atoms with Crippen LogP contribution < -0.4 is 10.1 Å². The van der Waals surface area contributed by atoms with E-state index in [1.54, 1.807) is 60.5 Å². The van der Waals surface area contributed by atoms with Crippen molar-refractivity contribution in [3.8, 4) is 5.75 Å². The van der Waals surface area contributed by atoms with Gasteiger partial charge < -0.3 is 15.0 Å². The van der Waals surface area contributed by atoms with Crippen LogP contribution in [0.4, 0.5) is 10.5 Å². The van der Waals surface area contributed by atoms with Crippen LogP contribution in [0.2, 0.25) is 0 Å². The Bertz CT molecular complexity index is 888. The lowest BCUT2D eigenvalue weighted by Gasteiger charge is -2.34. The van der Waals surface area contributed by atoms with Crippen LogP contribution in [0.5, 0.6) is 5.75 Å². The van der Waals surface area contributed by atoms with Crippen LogP contribution in [-0.4, -0.2) is 56.9 Å². The van der Waals surface area contributed by atoms with Gasteiger partial charge in [-0.05, 0) is 43.3 Å². The first-order valence-electron chi connectivity index (χ1n) is 8.67. The van der Waals surface area contributed by atoms with Crippen LogP contribution in [0.3, 0.4) is 0 Å². The van der Waals surface area contributed by atoms with Crippen molar-refractivity contribution in [1.82, 2.24) is 9.21 Å². The van der Waals surface area contributed by atoms with Crippen molar-refractivity contribution in [3.05, 3.63) is 54.1 Å². The van der Waals surface area contributed by atoms with E-state index in [2.05, 4.69) is 5.32 Å². The lowest BCUT2D eigenvalue weighted by Crippen LogP contribution is -2.51. The van der Waals surface area contributed by atoms with Gasteiger partial charge in [-0.1, -0.05) is 17.7 Å². The van der Waals surface area contributed by atoms with E-state index in [1.807, 2.05) is 6.92 Å². The molecule has 2 amide bonds. The third kappa shape index (κ3) is 4.40. The summed E-state index contributed by atoms with van der Waals surface area (Å²) in [5, 5.41) is 2.82. The second-order valence-corrected chi connectivity index (χ2v) is 8.30. The number of sulfonamides is 1. The summed E-state index contributed by atoms with van der Waals surface area (Å²) >= 11 is 0. The Morgan fingerprint density at radius 1 is 0.963 bits per heavy atom. The Kier molecular flexibility index (Phi) is 5.67. The summed E-state index contributed by atoms with van der Waals surface area (Å²) in [5.41, 5.74) is 1.67. The number of hydrogen-bond donors (Lipinski definition) is 1. The van der Waals surface area contributed by atoms with Gasteiger partial charge in [-0.25, -0.2) is 13.2 Å².